The molecule has 2 fully saturated rings. The zero-order valence-electron chi connectivity index (χ0n) is 22.1. The van der Waals surface area contributed by atoms with Gasteiger partial charge in [0.1, 0.15) is 23.3 Å². The topological polar surface area (TPSA) is 114 Å². The lowest BCUT2D eigenvalue weighted by Crippen LogP contribution is -2.41. The molecule has 4 rings (SSSR count). The third-order valence-corrected chi connectivity index (χ3v) is 7.25. The summed E-state index contributed by atoms with van der Waals surface area (Å²) in [5.74, 6) is -2.25. The summed E-state index contributed by atoms with van der Waals surface area (Å²) in [4.78, 5) is 28.1. The highest BCUT2D eigenvalue weighted by Crippen LogP contribution is 2.34. The molecule has 0 aliphatic carbocycles. The number of nitriles is 1. The van der Waals surface area contributed by atoms with Crippen LogP contribution in [0, 0.1) is 23.1 Å². The molecule has 2 aromatic carbocycles. The van der Waals surface area contributed by atoms with Gasteiger partial charge in [0.05, 0.1) is 29.9 Å². The molecule has 39 heavy (non-hydrogen) atoms. The van der Waals surface area contributed by atoms with Gasteiger partial charge in [-0.25, -0.2) is 13.6 Å². The zero-order chi connectivity index (χ0) is 28.3. The molecule has 0 spiro atoms. The molecule has 0 bridgehead atoms. The number of aliphatic hydroxyl groups is 1. The highest BCUT2D eigenvalue weighted by atomic mass is 19.1. The number of carboxylic acids is 1. The van der Waals surface area contributed by atoms with E-state index in [4.69, 9.17) is 4.74 Å². The molecule has 2 atom stereocenters. The maximum Gasteiger partial charge on any atom is 0.326 e. The summed E-state index contributed by atoms with van der Waals surface area (Å²) in [5.41, 5.74) is -0.966. The van der Waals surface area contributed by atoms with Crippen LogP contribution in [0.1, 0.15) is 49.0 Å². The summed E-state index contributed by atoms with van der Waals surface area (Å²) in [6, 6.07) is 9.59. The van der Waals surface area contributed by atoms with Gasteiger partial charge in [-0.3, -0.25) is 4.79 Å². The Morgan fingerprint density at radius 3 is 2.54 bits per heavy atom. The molecular formula is C29H33F2N3O5. The average molecular weight is 542 g/mol. The van der Waals surface area contributed by atoms with Gasteiger partial charge >= 0.3 is 5.97 Å². The minimum absolute atomic E-state index is 0.146. The molecule has 8 nitrogen and oxygen atoms in total. The number of benzene rings is 2. The molecule has 0 unspecified atom stereocenters. The minimum atomic E-state index is -1.28. The Kier molecular flexibility index (Phi) is 8.52. The molecule has 2 N–H and O–H groups in total. The Hall–Kier alpha value is -3.55. The number of ether oxygens (including phenoxy) is 1. The third kappa shape index (κ3) is 6.72. The molecule has 1 amide bonds. The number of rotatable bonds is 8. The highest BCUT2D eigenvalue weighted by Gasteiger charge is 2.40. The molecule has 0 aromatic heterocycles. The van der Waals surface area contributed by atoms with Crippen LogP contribution >= 0.6 is 0 Å². The summed E-state index contributed by atoms with van der Waals surface area (Å²) in [6.07, 6.45) is 0.569. The fourth-order valence-corrected chi connectivity index (χ4v) is 5.38. The average Bonchev–Trinajstić information content (AvgIpc) is 3.29. The summed E-state index contributed by atoms with van der Waals surface area (Å²) in [6.45, 7) is 5.33. The van der Waals surface area contributed by atoms with E-state index in [1.165, 1.54) is 18.2 Å². The smallest absolute Gasteiger partial charge is 0.326 e. The first-order chi connectivity index (χ1) is 18.5. The number of amides is 1. The molecule has 2 aromatic rings. The normalized spacial score (nSPS) is 20.6. The Labute approximate surface area is 226 Å². The van der Waals surface area contributed by atoms with Gasteiger partial charge in [0, 0.05) is 25.1 Å². The van der Waals surface area contributed by atoms with Crippen molar-refractivity contribution in [3.8, 4) is 22.9 Å². The number of likely N-dealkylation sites (tertiary alicyclic amines) is 2. The van der Waals surface area contributed by atoms with Gasteiger partial charge in [-0.1, -0.05) is 12.1 Å². The first kappa shape index (κ1) is 28.5. The van der Waals surface area contributed by atoms with E-state index in [1.54, 1.807) is 26.0 Å². The number of carbonyl (C=O) groups excluding carboxylic acids is 1. The molecule has 0 radical (unpaired) electrons. The summed E-state index contributed by atoms with van der Waals surface area (Å²) >= 11 is 0. The van der Waals surface area contributed by atoms with E-state index in [9.17, 15) is 29.5 Å². The van der Waals surface area contributed by atoms with E-state index in [-0.39, 0.29) is 29.7 Å². The molecule has 0 saturated carbocycles. The van der Waals surface area contributed by atoms with Gasteiger partial charge in [0.15, 0.2) is 0 Å². The lowest BCUT2D eigenvalue weighted by atomic mass is 9.94. The highest BCUT2D eigenvalue weighted by molar-refractivity contribution is 6.03. The number of hydrogen-bond acceptors (Lipinski definition) is 6. The van der Waals surface area contributed by atoms with Crippen LogP contribution in [-0.4, -0.2) is 82.5 Å². The number of β-amino-alcohol motifs (C(OH)–C–C–N with tert-alkyl or cyclic N) is 1. The first-order valence-corrected chi connectivity index (χ1v) is 13.1. The maximum absolute atomic E-state index is 15.0. The number of piperidine rings is 1. The van der Waals surface area contributed by atoms with Crippen LogP contribution in [-0.2, 0) is 4.79 Å². The lowest BCUT2D eigenvalue weighted by Gasteiger charge is -2.34. The maximum atomic E-state index is 15.0. The van der Waals surface area contributed by atoms with Crippen LogP contribution < -0.4 is 4.74 Å². The van der Waals surface area contributed by atoms with Crippen molar-refractivity contribution in [1.29, 1.82) is 5.26 Å². The van der Waals surface area contributed by atoms with Gasteiger partial charge in [0.2, 0.25) is 0 Å². The van der Waals surface area contributed by atoms with Crippen molar-refractivity contribution in [3.05, 3.63) is 53.3 Å². The lowest BCUT2D eigenvalue weighted by molar-refractivity contribution is -0.141. The monoisotopic (exact) mass is 541 g/mol. The van der Waals surface area contributed by atoms with Gasteiger partial charge in [0.25, 0.3) is 5.91 Å². The van der Waals surface area contributed by atoms with Crippen molar-refractivity contribution in [1.82, 2.24) is 9.80 Å². The molecule has 2 saturated heterocycles. The fourth-order valence-electron chi connectivity index (χ4n) is 5.38. The van der Waals surface area contributed by atoms with Crippen molar-refractivity contribution in [3.63, 3.8) is 0 Å². The minimum Gasteiger partial charge on any atom is -0.493 e. The van der Waals surface area contributed by atoms with E-state index in [2.05, 4.69) is 11.0 Å². The van der Waals surface area contributed by atoms with Gasteiger partial charge in [-0.15, -0.1) is 0 Å². The number of aliphatic hydroxyl groups excluding tert-OH is 1. The number of carboxylic acid groups (broad SMARTS) is 1. The van der Waals surface area contributed by atoms with Crippen molar-refractivity contribution in [2.24, 2.45) is 5.92 Å². The Balaban J connectivity index is 1.51. The van der Waals surface area contributed by atoms with Crippen molar-refractivity contribution >= 4 is 11.9 Å². The van der Waals surface area contributed by atoms with Crippen LogP contribution in [0.25, 0.3) is 11.1 Å². The molecule has 208 valence electrons. The Morgan fingerprint density at radius 1 is 1.18 bits per heavy atom. The molecular weight excluding hydrogens is 508 g/mol. The molecule has 2 aliphatic rings. The largest absolute Gasteiger partial charge is 0.493 e. The summed E-state index contributed by atoms with van der Waals surface area (Å²) in [5, 5.41) is 29.3. The van der Waals surface area contributed by atoms with Crippen molar-refractivity contribution < 1.29 is 33.3 Å². The van der Waals surface area contributed by atoms with Crippen LogP contribution in [0.5, 0.6) is 5.75 Å². The van der Waals surface area contributed by atoms with Gasteiger partial charge < -0.3 is 24.7 Å². The first-order valence-electron chi connectivity index (χ1n) is 13.1. The predicted octanol–water partition coefficient (Wildman–Crippen LogP) is 3.86. The predicted molar refractivity (Wildman–Crippen MR) is 139 cm³/mol. The number of halogens is 2. The number of hydrogen-bond donors (Lipinski definition) is 2. The van der Waals surface area contributed by atoms with Gasteiger partial charge in [-0.05, 0) is 75.5 Å². The third-order valence-electron chi connectivity index (χ3n) is 7.25. The molecule has 10 heteroatoms. The number of nitrogens with zero attached hydrogens (tertiary/aromatic N) is 3. The van der Waals surface area contributed by atoms with Crippen LogP contribution in [0.3, 0.4) is 0 Å². The van der Waals surface area contributed by atoms with Gasteiger partial charge in [-0.2, -0.15) is 5.26 Å². The zero-order valence-corrected chi connectivity index (χ0v) is 22.1. The Bertz CT molecular complexity index is 1260. The van der Waals surface area contributed by atoms with Crippen LogP contribution in [0.15, 0.2) is 36.4 Å². The molecule has 2 aliphatic heterocycles. The Morgan fingerprint density at radius 2 is 1.90 bits per heavy atom. The SMILES string of the molecule is CC(C)(F)CN1CCC(COc2ccc(-c3cccc(F)c3C(=O)N3C[C@H](O)C[C@H]3C(=O)O)c(C#N)c2)CC1. The number of alkyl halides is 1. The van der Waals surface area contributed by atoms with Crippen LogP contribution in [0.4, 0.5) is 8.78 Å². The van der Waals surface area contributed by atoms with E-state index in [1.807, 2.05) is 0 Å². The number of carbonyl (C=O) groups is 2. The van der Waals surface area contributed by atoms with Crippen molar-refractivity contribution in [2.75, 3.05) is 32.8 Å². The molecule has 2 heterocycles. The second kappa shape index (κ2) is 11.7. The van der Waals surface area contributed by atoms with Crippen molar-refractivity contribution in [2.45, 2.75) is 50.9 Å². The summed E-state index contributed by atoms with van der Waals surface area (Å²) < 4.78 is 34.9. The van der Waals surface area contributed by atoms with E-state index in [0.717, 1.165) is 36.9 Å². The van der Waals surface area contributed by atoms with E-state index in [0.29, 0.717) is 30.4 Å². The van der Waals surface area contributed by atoms with Crippen LogP contribution in [0.2, 0.25) is 0 Å². The second-order valence-corrected chi connectivity index (χ2v) is 10.9. The summed E-state index contributed by atoms with van der Waals surface area (Å²) in [7, 11) is 0. The fraction of sp³-hybridized carbons (Fsp3) is 0.483. The standard InChI is InChI=1S/C29H33F2N3O5/c1-29(2,31)17-33-10-8-18(9-11-33)16-39-21-6-7-22(19(12-21)14-32)23-4-3-5-24(30)26(23)27(36)34-15-20(35)13-25(34)28(37)38/h3-7,12,18,20,25,35H,8-11,13,15-17H2,1-2H3,(H,37,38)/t20-,25+/m1/s1. The van der Waals surface area contributed by atoms with E-state index >= 15 is 4.39 Å². The second-order valence-electron chi connectivity index (χ2n) is 10.9. The number of aliphatic carboxylic acids is 1. The van der Waals surface area contributed by atoms with E-state index < -0.39 is 35.5 Å². The quantitative estimate of drug-likeness (QED) is 0.522.